The lowest BCUT2D eigenvalue weighted by Gasteiger charge is -2.16. The standard InChI is InChI=1S/C25H26O6/c1-29-22-13-12-18(16-23(22)31-19-10-6-7-11-19)15-21(25(28)30-2)20(24(26)27)14-17-8-4-3-5-9-17/h3-5,8-9,12-16,19H,6-7,10-11H2,1-2H3,(H,26,27)/b20-14+,21-15+. The molecule has 0 heterocycles. The van der Waals surface area contributed by atoms with Crippen LogP contribution in [-0.2, 0) is 14.3 Å². The summed E-state index contributed by atoms with van der Waals surface area (Å²) in [6, 6.07) is 14.2. The number of carbonyl (C=O) groups excluding carboxylic acids is 1. The zero-order chi connectivity index (χ0) is 22.2. The Hall–Kier alpha value is -3.54. The van der Waals surface area contributed by atoms with Crippen molar-refractivity contribution >= 4 is 24.1 Å². The van der Waals surface area contributed by atoms with Gasteiger partial charge in [0.25, 0.3) is 0 Å². The third kappa shape index (κ3) is 5.75. The molecule has 0 atom stereocenters. The van der Waals surface area contributed by atoms with Gasteiger partial charge in [-0.05, 0) is 61.1 Å². The lowest BCUT2D eigenvalue weighted by Crippen LogP contribution is -2.13. The molecule has 6 nitrogen and oxygen atoms in total. The molecule has 1 aliphatic rings. The maximum absolute atomic E-state index is 12.5. The van der Waals surface area contributed by atoms with Gasteiger partial charge in [0.1, 0.15) is 0 Å². The minimum absolute atomic E-state index is 0.0594. The van der Waals surface area contributed by atoms with E-state index in [-0.39, 0.29) is 17.3 Å². The van der Waals surface area contributed by atoms with Gasteiger partial charge in [-0.15, -0.1) is 0 Å². The Balaban J connectivity index is 2.03. The second kappa shape index (κ2) is 10.5. The predicted octanol–water partition coefficient (Wildman–Crippen LogP) is 4.74. The Kier molecular flexibility index (Phi) is 7.49. The third-order valence-corrected chi connectivity index (χ3v) is 5.13. The Labute approximate surface area is 181 Å². The lowest BCUT2D eigenvalue weighted by atomic mass is 10.00. The van der Waals surface area contributed by atoms with E-state index in [0.29, 0.717) is 22.6 Å². The van der Waals surface area contributed by atoms with E-state index in [1.165, 1.54) is 19.3 Å². The largest absolute Gasteiger partial charge is 0.493 e. The molecule has 0 aliphatic heterocycles. The van der Waals surface area contributed by atoms with Crippen molar-refractivity contribution in [2.24, 2.45) is 0 Å². The summed E-state index contributed by atoms with van der Waals surface area (Å²) in [6.07, 6.45) is 7.30. The van der Waals surface area contributed by atoms with Crippen LogP contribution in [-0.4, -0.2) is 37.4 Å². The van der Waals surface area contributed by atoms with Crippen molar-refractivity contribution in [3.63, 3.8) is 0 Å². The number of carboxylic acid groups (broad SMARTS) is 1. The quantitative estimate of drug-likeness (QED) is 0.376. The molecule has 0 aromatic heterocycles. The van der Waals surface area contributed by atoms with E-state index in [1.807, 2.05) is 6.07 Å². The summed E-state index contributed by atoms with van der Waals surface area (Å²) < 4.78 is 16.4. The van der Waals surface area contributed by atoms with E-state index < -0.39 is 11.9 Å². The van der Waals surface area contributed by atoms with Crippen molar-refractivity contribution in [1.29, 1.82) is 0 Å². The van der Waals surface area contributed by atoms with Crippen LogP contribution in [0.2, 0.25) is 0 Å². The highest BCUT2D eigenvalue weighted by atomic mass is 16.5. The average molecular weight is 422 g/mol. The Morgan fingerprint density at radius 1 is 0.903 bits per heavy atom. The van der Waals surface area contributed by atoms with Gasteiger partial charge in [-0.1, -0.05) is 36.4 Å². The summed E-state index contributed by atoms with van der Waals surface area (Å²) in [5, 5.41) is 9.79. The van der Waals surface area contributed by atoms with Crippen LogP contribution < -0.4 is 9.47 Å². The molecular formula is C25H26O6. The van der Waals surface area contributed by atoms with Crippen LogP contribution in [0.15, 0.2) is 59.7 Å². The topological polar surface area (TPSA) is 82.1 Å². The molecule has 0 amide bonds. The number of carbonyl (C=O) groups is 2. The minimum Gasteiger partial charge on any atom is -0.493 e. The van der Waals surface area contributed by atoms with E-state index in [0.717, 1.165) is 25.7 Å². The number of esters is 1. The van der Waals surface area contributed by atoms with Gasteiger partial charge in [-0.2, -0.15) is 0 Å². The van der Waals surface area contributed by atoms with Crippen LogP contribution in [0, 0.1) is 0 Å². The smallest absolute Gasteiger partial charge is 0.338 e. The number of carboxylic acids is 1. The zero-order valence-corrected chi connectivity index (χ0v) is 17.7. The molecule has 3 rings (SSSR count). The van der Waals surface area contributed by atoms with Crippen LogP contribution >= 0.6 is 0 Å². The SMILES string of the molecule is COC(=O)C(=C/c1ccc(OC)c(OC2CCCC2)c1)/C(=C\c1ccccc1)C(=O)O. The summed E-state index contributed by atoms with van der Waals surface area (Å²) >= 11 is 0. The summed E-state index contributed by atoms with van der Waals surface area (Å²) in [5.74, 6) is -0.812. The summed E-state index contributed by atoms with van der Waals surface area (Å²) in [5.41, 5.74) is 1.05. The molecule has 1 N–H and O–H groups in total. The number of aliphatic carboxylic acids is 1. The Bertz CT molecular complexity index is 984. The lowest BCUT2D eigenvalue weighted by molar-refractivity contribution is -0.138. The van der Waals surface area contributed by atoms with Gasteiger partial charge in [-0.25, -0.2) is 9.59 Å². The van der Waals surface area contributed by atoms with Crippen molar-refractivity contribution in [2.45, 2.75) is 31.8 Å². The van der Waals surface area contributed by atoms with E-state index in [2.05, 4.69) is 0 Å². The first-order chi connectivity index (χ1) is 15.0. The van der Waals surface area contributed by atoms with Crippen LogP contribution in [0.3, 0.4) is 0 Å². The molecule has 0 unspecified atom stereocenters. The summed E-state index contributed by atoms with van der Waals surface area (Å²) in [7, 11) is 2.79. The number of rotatable bonds is 8. The molecule has 162 valence electrons. The molecule has 0 bridgehead atoms. The van der Waals surface area contributed by atoms with Gasteiger partial charge in [0.2, 0.25) is 0 Å². The number of hydrogen-bond donors (Lipinski definition) is 1. The molecule has 1 saturated carbocycles. The Morgan fingerprint density at radius 3 is 2.19 bits per heavy atom. The zero-order valence-electron chi connectivity index (χ0n) is 17.7. The van der Waals surface area contributed by atoms with E-state index >= 15 is 0 Å². The fraction of sp³-hybridized carbons (Fsp3) is 0.280. The molecule has 2 aromatic rings. The Morgan fingerprint density at radius 2 is 1.58 bits per heavy atom. The van der Waals surface area contributed by atoms with Crippen molar-refractivity contribution in [1.82, 2.24) is 0 Å². The number of methoxy groups -OCH3 is 2. The molecule has 6 heteroatoms. The molecule has 0 saturated heterocycles. The summed E-state index contributed by atoms with van der Waals surface area (Å²) in [4.78, 5) is 24.5. The molecule has 31 heavy (non-hydrogen) atoms. The number of ether oxygens (including phenoxy) is 3. The van der Waals surface area contributed by atoms with E-state index in [1.54, 1.807) is 49.6 Å². The fourth-order valence-corrected chi connectivity index (χ4v) is 3.55. The maximum atomic E-state index is 12.5. The van der Waals surface area contributed by atoms with Crippen molar-refractivity contribution in [3.8, 4) is 11.5 Å². The van der Waals surface area contributed by atoms with Gasteiger partial charge in [0.05, 0.1) is 31.5 Å². The first-order valence-electron chi connectivity index (χ1n) is 10.2. The van der Waals surface area contributed by atoms with Crippen molar-refractivity contribution < 1.29 is 28.9 Å². The summed E-state index contributed by atoms with van der Waals surface area (Å²) in [6.45, 7) is 0. The van der Waals surface area contributed by atoms with E-state index in [9.17, 15) is 14.7 Å². The molecule has 2 aromatic carbocycles. The molecule has 1 aliphatic carbocycles. The van der Waals surface area contributed by atoms with Gasteiger partial charge in [0.15, 0.2) is 11.5 Å². The van der Waals surface area contributed by atoms with Crippen molar-refractivity contribution in [2.75, 3.05) is 14.2 Å². The van der Waals surface area contributed by atoms with Gasteiger partial charge in [-0.3, -0.25) is 0 Å². The first-order valence-corrected chi connectivity index (χ1v) is 10.2. The number of hydrogen-bond acceptors (Lipinski definition) is 5. The van der Waals surface area contributed by atoms with Crippen LogP contribution in [0.4, 0.5) is 0 Å². The molecule has 1 fully saturated rings. The van der Waals surface area contributed by atoms with Crippen molar-refractivity contribution in [3.05, 3.63) is 70.8 Å². The van der Waals surface area contributed by atoms with E-state index in [4.69, 9.17) is 14.2 Å². The first kappa shape index (κ1) is 22.2. The third-order valence-electron chi connectivity index (χ3n) is 5.13. The van der Waals surface area contributed by atoms with Crippen LogP contribution in [0.5, 0.6) is 11.5 Å². The molecule has 0 radical (unpaired) electrons. The highest BCUT2D eigenvalue weighted by Crippen LogP contribution is 2.33. The van der Waals surface area contributed by atoms with Crippen LogP contribution in [0.25, 0.3) is 12.2 Å². The fourth-order valence-electron chi connectivity index (χ4n) is 3.55. The maximum Gasteiger partial charge on any atom is 0.338 e. The average Bonchev–Trinajstić information content (AvgIpc) is 3.29. The molecular weight excluding hydrogens is 396 g/mol. The normalized spacial score (nSPS) is 14.9. The van der Waals surface area contributed by atoms with Gasteiger partial charge >= 0.3 is 11.9 Å². The predicted molar refractivity (Wildman–Crippen MR) is 118 cm³/mol. The van der Waals surface area contributed by atoms with Crippen LogP contribution in [0.1, 0.15) is 36.8 Å². The second-order valence-corrected chi connectivity index (χ2v) is 7.26. The second-order valence-electron chi connectivity index (χ2n) is 7.26. The number of benzene rings is 2. The molecule has 0 spiro atoms. The van der Waals surface area contributed by atoms with Gasteiger partial charge < -0.3 is 19.3 Å². The highest BCUT2D eigenvalue weighted by Gasteiger charge is 2.22. The highest BCUT2D eigenvalue weighted by molar-refractivity contribution is 6.12. The minimum atomic E-state index is -1.23. The van der Waals surface area contributed by atoms with Gasteiger partial charge in [0, 0.05) is 0 Å². The monoisotopic (exact) mass is 422 g/mol.